The fraction of sp³-hybridized carbons (Fsp3) is 0.500. The molecule has 0 radical (unpaired) electrons. The number of hydrogen-bond acceptors (Lipinski definition) is 4. The lowest BCUT2D eigenvalue weighted by Crippen LogP contribution is -2.41. The van der Waals surface area contributed by atoms with Crippen molar-refractivity contribution in [1.82, 2.24) is 0 Å². The molecule has 0 spiro atoms. The van der Waals surface area contributed by atoms with Gasteiger partial charge in [0.15, 0.2) is 0 Å². The van der Waals surface area contributed by atoms with Crippen LogP contribution in [-0.2, 0) is 21.1 Å². The van der Waals surface area contributed by atoms with Crippen LogP contribution in [0.4, 0.5) is 0 Å². The van der Waals surface area contributed by atoms with Crippen LogP contribution in [0.15, 0.2) is 24.3 Å². The topological polar surface area (TPSA) is 80.7 Å². The maximum atomic E-state index is 11.6. The van der Waals surface area contributed by atoms with Crippen LogP contribution in [0.5, 0.6) is 5.75 Å². The summed E-state index contributed by atoms with van der Waals surface area (Å²) in [6.07, 6.45) is 0.665. The molecule has 0 bridgehead atoms. The number of methoxy groups -OCH3 is 1. The van der Waals surface area contributed by atoms with E-state index in [0.29, 0.717) is 12.2 Å². The summed E-state index contributed by atoms with van der Waals surface area (Å²) in [7, 11) is -1.53. The highest BCUT2D eigenvalue weighted by Gasteiger charge is 2.43. The van der Waals surface area contributed by atoms with Crippen molar-refractivity contribution < 1.29 is 23.1 Å². The van der Waals surface area contributed by atoms with Gasteiger partial charge in [0, 0.05) is 0 Å². The van der Waals surface area contributed by atoms with Gasteiger partial charge in [0.05, 0.1) is 24.0 Å². The van der Waals surface area contributed by atoms with Crippen LogP contribution in [0.1, 0.15) is 18.4 Å². The molecule has 1 aromatic rings. The van der Waals surface area contributed by atoms with Crippen molar-refractivity contribution in [1.29, 1.82) is 0 Å². The molecule has 1 N–H and O–H groups in total. The van der Waals surface area contributed by atoms with E-state index in [0.717, 1.165) is 5.56 Å². The molecule has 1 fully saturated rings. The van der Waals surface area contributed by atoms with Gasteiger partial charge in [-0.15, -0.1) is 0 Å². The zero-order valence-corrected chi connectivity index (χ0v) is 12.1. The van der Waals surface area contributed by atoms with Gasteiger partial charge in [0.1, 0.15) is 15.6 Å². The molecule has 2 rings (SSSR count). The molecule has 20 heavy (non-hydrogen) atoms. The molecule has 5 nitrogen and oxygen atoms in total. The number of carbonyl (C=O) groups is 1. The van der Waals surface area contributed by atoms with E-state index < -0.39 is 21.2 Å². The second-order valence-corrected chi connectivity index (χ2v) is 7.57. The Bertz CT molecular complexity index is 592. The molecule has 1 aromatic carbocycles. The minimum absolute atomic E-state index is 0.0523. The highest BCUT2D eigenvalue weighted by Crippen LogP contribution is 2.37. The quantitative estimate of drug-likeness (QED) is 0.911. The minimum atomic E-state index is -3.08. The summed E-state index contributed by atoms with van der Waals surface area (Å²) in [5, 5.41) is 9.52. The maximum absolute atomic E-state index is 11.6. The van der Waals surface area contributed by atoms with E-state index in [1.807, 2.05) is 12.1 Å². The lowest BCUT2D eigenvalue weighted by Gasteiger charge is -2.33. The monoisotopic (exact) mass is 298 g/mol. The van der Waals surface area contributed by atoms with E-state index >= 15 is 0 Å². The number of ether oxygens (including phenoxy) is 1. The molecule has 0 atom stereocenters. The van der Waals surface area contributed by atoms with Crippen LogP contribution in [0.25, 0.3) is 0 Å². The minimum Gasteiger partial charge on any atom is -0.497 e. The fourth-order valence-electron chi connectivity index (χ4n) is 2.57. The van der Waals surface area contributed by atoms with E-state index in [1.165, 1.54) is 0 Å². The molecule has 1 aliphatic heterocycles. The van der Waals surface area contributed by atoms with E-state index in [-0.39, 0.29) is 24.3 Å². The summed E-state index contributed by atoms with van der Waals surface area (Å²) in [4.78, 5) is 11.6. The highest BCUT2D eigenvalue weighted by molar-refractivity contribution is 7.91. The predicted molar refractivity (Wildman–Crippen MR) is 74.7 cm³/mol. The molecule has 1 aliphatic rings. The number of hydrogen-bond donors (Lipinski definition) is 1. The Hall–Kier alpha value is -1.56. The third-order valence-corrected chi connectivity index (χ3v) is 5.57. The smallest absolute Gasteiger partial charge is 0.310 e. The molecule has 6 heteroatoms. The van der Waals surface area contributed by atoms with Gasteiger partial charge in [-0.3, -0.25) is 4.79 Å². The van der Waals surface area contributed by atoms with E-state index in [1.54, 1.807) is 19.2 Å². The largest absolute Gasteiger partial charge is 0.497 e. The van der Waals surface area contributed by atoms with Crippen LogP contribution >= 0.6 is 0 Å². The second-order valence-electron chi connectivity index (χ2n) is 5.27. The number of aliphatic carboxylic acids is 1. The van der Waals surface area contributed by atoms with Gasteiger partial charge in [-0.05, 0) is 37.0 Å². The molecule has 1 saturated heterocycles. The average Bonchev–Trinajstić information content (AvgIpc) is 2.41. The van der Waals surface area contributed by atoms with E-state index in [4.69, 9.17) is 4.74 Å². The number of rotatable bonds is 4. The zero-order valence-electron chi connectivity index (χ0n) is 11.3. The van der Waals surface area contributed by atoms with Gasteiger partial charge in [0.25, 0.3) is 0 Å². The number of benzene rings is 1. The second kappa shape index (κ2) is 5.44. The van der Waals surface area contributed by atoms with Crippen molar-refractivity contribution in [3.05, 3.63) is 29.8 Å². The molecule has 0 amide bonds. The Labute approximate surface area is 118 Å². The Morgan fingerprint density at radius 2 is 2.00 bits per heavy atom. The Balaban J connectivity index is 2.24. The molecule has 0 aliphatic carbocycles. The first-order valence-electron chi connectivity index (χ1n) is 6.44. The summed E-state index contributed by atoms with van der Waals surface area (Å²) < 4.78 is 28.1. The molecule has 110 valence electrons. The van der Waals surface area contributed by atoms with Gasteiger partial charge in [0.2, 0.25) is 0 Å². The Morgan fingerprint density at radius 1 is 1.35 bits per heavy atom. The summed E-state index contributed by atoms with van der Waals surface area (Å²) >= 11 is 0. The van der Waals surface area contributed by atoms with E-state index in [9.17, 15) is 18.3 Å². The van der Waals surface area contributed by atoms with Crippen molar-refractivity contribution in [2.45, 2.75) is 19.3 Å². The Morgan fingerprint density at radius 3 is 2.55 bits per heavy atom. The summed E-state index contributed by atoms with van der Waals surface area (Å²) in [5.41, 5.74) is -0.136. The van der Waals surface area contributed by atoms with Crippen molar-refractivity contribution in [3.8, 4) is 5.75 Å². The Kier molecular flexibility index (Phi) is 4.04. The first-order valence-corrected chi connectivity index (χ1v) is 8.26. The molecule has 0 saturated carbocycles. The summed E-state index contributed by atoms with van der Waals surface area (Å²) in [6, 6.07) is 7.25. The van der Waals surface area contributed by atoms with Crippen LogP contribution in [0.3, 0.4) is 0 Å². The van der Waals surface area contributed by atoms with Crippen LogP contribution < -0.4 is 4.74 Å². The molecule has 0 unspecified atom stereocenters. The highest BCUT2D eigenvalue weighted by atomic mass is 32.2. The number of carboxylic acid groups (broad SMARTS) is 1. The van der Waals surface area contributed by atoms with E-state index in [2.05, 4.69) is 0 Å². The van der Waals surface area contributed by atoms with Gasteiger partial charge >= 0.3 is 5.97 Å². The van der Waals surface area contributed by atoms with Crippen molar-refractivity contribution in [3.63, 3.8) is 0 Å². The van der Waals surface area contributed by atoms with Crippen LogP contribution in [0.2, 0.25) is 0 Å². The van der Waals surface area contributed by atoms with Crippen LogP contribution in [-0.4, -0.2) is 38.1 Å². The first kappa shape index (κ1) is 14.8. The molecule has 0 aromatic heterocycles. The third kappa shape index (κ3) is 3.12. The molecule has 1 heterocycles. The van der Waals surface area contributed by atoms with Gasteiger partial charge < -0.3 is 9.84 Å². The zero-order chi connectivity index (χ0) is 14.8. The number of sulfone groups is 1. The SMILES string of the molecule is COc1cccc(CC2(C(=O)O)CCS(=O)(=O)CC2)c1. The summed E-state index contributed by atoms with van der Waals surface area (Å²) in [6.45, 7) is 0. The van der Waals surface area contributed by atoms with Gasteiger partial charge in [-0.25, -0.2) is 8.42 Å². The lowest BCUT2D eigenvalue weighted by molar-refractivity contribution is -0.149. The average molecular weight is 298 g/mol. The van der Waals surface area contributed by atoms with Crippen LogP contribution in [0, 0.1) is 5.41 Å². The van der Waals surface area contributed by atoms with Crippen molar-refractivity contribution in [2.75, 3.05) is 18.6 Å². The van der Waals surface area contributed by atoms with Gasteiger partial charge in [-0.1, -0.05) is 12.1 Å². The molecular formula is C14H18O5S. The third-order valence-electron chi connectivity index (χ3n) is 3.91. The predicted octanol–water partition coefficient (Wildman–Crippen LogP) is 1.52. The number of carboxylic acids is 1. The van der Waals surface area contributed by atoms with Crippen molar-refractivity contribution >= 4 is 15.8 Å². The molecular weight excluding hydrogens is 280 g/mol. The van der Waals surface area contributed by atoms with Gasteiger partial charge in [-0.2, -0.15) is 0 Å². The normalized spacial score (nSPS) is 20.2. The first-order chi connectivity index (χ1) is 9.37. The van der Waals surface area contributed by atoms with Crippen molar-refractivity contribution in [2.24, 2.45) is 5.41 Å². The standard InChI is InChI=1S/C14H18O5S/c1-19-12-4-2-3-11(9-12)10-14(13(15)16)5-7-20(17,18)8-6-14/h2-4,9H,5-8,10H2,1H3,(H,15,16). The maximum Gasteiger partial charge on any atom is 0.310 e. The fourth-order valence-corrected chi connectivity index (χ4v) is 4.18. The summed E-state index contributed by atoms with van der Waals surface area (Å²) in [5.74, 6) is -0.353. The lowest BCUT2D eigenvalue weighted by atomic mass is 9.76.